The summed E-state index contributed by atoms with van der Waals surface area (Å²) in [4.78, 5) is 15.6. The first kappa shape index (κ1) is 16.0. The summed E-state index contributed by atoms with van der Waals surface area (Å²) in [6.07, 6.45) is 5.80. The topological polar surface area (TPSA) is 74.2 Å². The van der Waals surface area contributed by atoms with Crippen molar-refractivity contribution >= 4 is 22.4 Å². The predicted molar refractivity (Wildman–Crippen MR) is 97.9 cm³/mol. The fraction of sp³-hybridized carbons (Fsp3) is 0.278. The molecule has 7 heteroatoms. The zero-order valence-corrected chi connectivity index (χ0v) is 14.5. The third-order valence-electron chi connectivity index (χ3n) is 4.36. The van der Waals surface area contributed by atoms with Crippen LogP contribution >= 0.6 is 11.3 Å². The molecule has 6 nitrogen and oxygen atoms in total. The number of benzene rings is 1. The molecule has 2 aromatic heterocycles. The first-order valence-electron chi connectivity index (χ1n) is 8.29. The number of thiazole rings is 1. The zero-order chi connectivity index (χ0) is 17.1. The van der Waals surface area contributed by atoms with Crippen molar-refractivity contribution in [3.05, 3.63) is 59.4 Å². The largest absolute Gasteiger partial charge is 0.508 e. The van der Waals surface area contributed by atoms with Crippen LogP contribution in [0.15, 0.2) is 48.1 Å². The van der Waals surface area contributed by atoms with Crippen LogP contribution in [0.25, 0.3) is 0 Å². The molecule has 1 atom stereocenters. The molecule has 0 aliphatic carbocycles. The Morgan fingerprint density at radius 3 is 2.84 bits per heavy atom. The molecule has 1 aliphatic heterocycles. The number of likely N-dealkylation sites (tertiary alicyclic amines) is 1. The van der Waals surface area contributed by atoms with Crippen LogP contribution in [-0.4, -0.2) is 31.5 Å². The minimum atomic E-state index is 0.286. The van der Waals surface area contributed by atoms with Gasteiger partial charge in [0.05, 0.1) is 11.7 Å². The molecule has 3 heterocycles. The molecule has 0 bridgehead atoms. The number of hydrogen-bond donors (Lipinski definition) is 2. The average molecular weight is 353 g/mol. The van der Waals surface area contributed by atoms with E-state index in [0.29, 0.717) is 11.7 Å². The standard InChI is InChI=1S/C18H19N5OS/c24-14-5-3-13(4-6-14)12-23-10-1-2-16(23)15-7-8-19-17(21-15)22-18-20-9-11-25-18/h3-9,11,16,24H,1-2,10,12H2,(H,19,20,21,22). The van der Waals surface area contributed by atoms with Gasteiger partial charge >= 0.3 is 0 Å². The second-order valence-electron chi connectivity index (χ2n) is 6.06. The maximum Gasteiger partial charge on any atom is 0.229 e. The molecule has 1 aromatic carbocycles. The molecule has 1 fully saturated rings. The van der Waals surface area contributed by atoms with Crippen LogP contribution in [0.3, 0.4) is 0 Å². The highest BCUT2D eigenvalue weighted by molar-refractivity contribution is 7.13. The molecule has 0 amide bonds. The molecule has 25 heavy (non-hydrogen) atoms. The first-order valence-corrected chi connectivity index (χ1v) is 9.17. The molecular weight excluding hydrogens is 334 g/mol. The summed E-state index contributed by atoms with van der Waals surface area (Å²) >= 11 is 1.53. The molecule has 4 rings (SSSR count). The number of nitrogens with zero attached hydrogens (tertiary/aromatic N) is 4. The average Bonchev–Trinajstić information content (AvgIpc) is 3.29. The predicted octanol–water partition coefficient (Wildman–Crippen LogP) is 3.72. The number of aromatic nitrogens is 3. The quantitative estimate of drug-likeness (QED) is 0.728. The molecular formula is C18H19N5OS. The normalized spacial score (nSPS) is 17.7. The minimum Gasteiger partial charge on any atom is -0.508 e. The van der Waals surface area contributed by atoms with Gasteiger partial charge in [0.15, 0.2) is 5.13 Å². The van der Waals surface area contributed by atoms with E-state index in [4.69, 9.17) is 4.98 Å². The van der Waals surface area contributed by atoms with E-state index in [9.17, 15) is 5.11 Å². The lowest BCUT2D eigenvalue weighted by atomic mass is 10.1. The van der Waals surface area contributed by atoms with Crippen molar-refractivity contribution in [2.45, 2.75) is 25.4 Å². The first-order chi connectivity index (χ1) is 12.3. The molecule has 1 saturated heterocycles. The Hall–Kier alpha value is -2.51. The second kappa shape index (κ2) is 7.16. The van der Waals surface area contributed by atoms with Crippen LogP contribution in [0.5, 0.6) is 5.75 Å². The smallest absolute Gasteiger partial charge is 0.229 e. The Kier molecular flexibility index (Phi) is 4.58. The van der Waals surface area contributed by atoms with E-state index in [-0.39, 0.29) is 6.04 Å². The van der Waals surface area contributed by atoms with Crippen LogP contribution in [-0.2, 0) is 6.54 Å². The van der Waals surface area contributed by atoms with E-state index in [1.165, 1.54) is 16.9 Å². The van der Waals surface area contributed by atoms with Gasteiger partial charge < -0.3 is 10.4 Å². The monoisotopic (exact) mass is 353 g/mol. The Bertz CT molecular complexity index is 822. The van der Waals surface area contributed by atoms with Crippen molar-refractivity contribution in [1.82, 2.24) is 19.9 Å². The molecule has 0 saturated carbocycles. The summed E-state index contributed by atoms with van der Waals surface area (Å²) in [6.45, 7) is 1.90. The van der Waals surface area contributed by atoms with Crippen molar-refractivity contribution in [3.63, 3.8) is 0 Å². The van der Waals surface area contributed by atoms with Gasteiger partial charge in [0.1, 0.15) is 5.75 Å². The summed E-state index contributed by atoms with van der Waals surface area (Å²) < 4.78 is 0. The number of phenols is 1. The van der Waals surface area contributed by atoms with E-state index in [0.717, 1.165) is 36.8 Å². The highest BCUT2D eigenvalue weighted by Gasteiger charge is 2.27. The summed E-state index contributed by atoms with van der Waals surface area (Å²) in [5.74, 6) is 0.888. The molecule has 2 N–H and O–H groups in total. The Morgan fingerprint density at radius 2 is 2.04 bits per heavy atom. The van der Waals surface area contributed by atoms with Gasteiger partial charge in [-0.25, -0.2) is 15.0 Å². The summed E-state index contributed by atoms with van der Waals surface area (Å²) in [7, 11) is 0. The fourth-order valence-electron chi connectivity index (χ4n) is 3.19. The van der Waals surface area contributed by atoms with Crippen LogP contribution < -0.4 is 5.32 Å². The molecule has 3 aromatic rings. The lowest BCUT2D eigenvalue weighted by Crippen LogP contribution is -2.23. The Labute approximate surface area is 150 Å². The number of phenolic OH excluding ortho intramolecular Hbond substituents is 1. The maximum absolute atomic E-state index is 9.44. The number of hydrogen-bond acceptors (Lipinski definition) is 7. The van der Waals surface area contributed by atoms with E-state index in [1.54, 1.807) is 24.5 Å². The number of nitrogens with one attached hydrogen (secondary N) is 1. The Morgan fingerprint density at radius 1 is 1.16 bits per heavy atom. The van der Waals surface area contributed by atoms with Gasteiger partial charge in [0.25, 0.3) is 0 Å². The lowest BCUT2D eigenvalue weighted by molar-refractivity contribution is 0.244. The molecule has 1 aliphatic rings. The fourth-order valence-corrected chi connectivity index (χ4v) is 3.71. The maximum atomic E-state index is 9.44. The van der Waals surface area contributed by atoms with Gasteiger partial charge in [-0.1, -0.05) is 12.1 Å². The van der Waals surface area contributed by atoms with Gasteiger partial charge in [0.2, 0.25) is 5.95 Å². The van der Waals surface area contributed by atoms with Gasteiger partial charge in [0, 0.05) is 24.3 Å². The van der Waals surface area contributed by atoms with Crippen molar-refractivity contribution in [1.29, 1.82) is 0 Å². The van der Waals surface area contributed by atoms with Crippen molar-refractivity contribution in [3.8, 4) is 5.75 Å². The number of anilines is 2. The minimum absolute atomic E-state index is 0.286. The summed E-state index contributed by atoms with van der Waals surface area (Å²) in [6, 6.07) is 9.70. The third kappa shape index (κ3) is 3.78. The van der Waals surface area contributed by atoms with E-state index < -0.39 is 0 Å². The zero-order valence-electron chi connectivity index (χ0n) is 13.7. The summed E-state index contributed by atoms with van der Waals surface area (Å²) in [5, 5.41) is 15.3. The second-order valence-corrected chi connectivity index (χ2v) is 6.96. The van der Waals surface area contributed by atoms with Gasteiger partial charge in [-0.2, -0.15) is 0 Å². The van der Waals surface area contributed by atoms with Crippen LogP contribution in [0, 0.1) is 0 Å². The molecule has 128 valence electrons. The van der Waals surface area contributed by atoms with Crippen LogP contribution in [0.4, 0.5) is 11.1 Å². The van der Waals surface area contributed by atoms with Gasteiger partial charge in [-0.3, -0.25) is 4.90 Å². The highest BCUT2D eigenvalue weighted by Crippen LogP contribution is 2.32. The summed E-state index contributed by atoms with van der Waals surface area (Å²) in [5.41, 5.74) is 2.23. The lowest BCUT2D eigenvalue weighted by Gasteiger charge is -2.24. The van der Waals surface area contributed by atoms with Crippen LogP contribution in [0.1, 0.15) is 30.1 Å². The third-order valence-corrected chi connectivity index (χ3v) is 5.04. The molecule has 1 unspecified atom stereocenters. The van der Waals surface area contributed by atoms with Crippen molar-refractivity contribution < 1.29 is 5.11 Å². The van der Waals surface area contributed by atoms with Gasteiger partial charge in [-0.05, 0) is 43.1 Å². The van der Waals surface area contributed by atoms with E-state index in [2.05, 4.69) is 20.2 Å². The van der Waals surface area contributed by atoms with E-state index in [1.807, 2.05) is 23.6 Å². The van der Waals surface area contributed by atoms with E-state index >= 15 is 0 Å². The number of rotatable bonds is 5. The highest BCUT2D eigenvalue weighted by atomic mass is 32.1. The molecule has 0 radical (unpaired) electrons. The van der Waals surface area contributed by atoms with Crippen LogP contribution in [0.2, 0.25) is 0 Å². The Balaban J connectivity index is 1.50. The van der Waals surface area contributed by atoms with Gasteiger partial charge in [-0.15, -0.1) is 11.3 Å². The number of aromatic hydroxyl groups is 1. The van der Waals surface area contributed by atoms with Crippen molar-refractivity contribution in [2.24, 2.45) is 0 Å². The molecule has 0 spiro atoms. The van der Waals surface area contributed by atoms with Crippen molar-refractivity contribution in [2.75, 3.05) is 11.9 Å². The SMILES string of the molecule is Oc1ccc(CN2CCCC2c2ccnc(Nc3nccs3)n2)cc1.